The number of hydrogen-bond donors (Lipinski definition) is 2. The number of carbonyl (C=O) groups is 1. The summed E-state index contributed by atoms with van der Waals surface area (Å²) >= 11 is 0. The van der Waals surface area contributed by atoms with Gasteiger partial charge in [0.05, 0.1) is 12.3 Å². The standard InChI is InChI=1S/C11H15N3O/c1-13-14-7-10-4-2-9(3-5-10)6-11(12)8-15/h2-5,7-8,11,13H,6,12H2,1H3/b14-7+/t11-/m0/s1. The molecule has 0 aromatic heterocycles. The zero-order chi connectivity index (χ0) is 11.1. The van der Waals surface area contributed by atoms with Gasteiger partial charge in [-0.15, -0.1) is 0 Å². The number of nitrogens with zero attached hydrogens (tertiary/aromatic N) is 1. The molecule has 0 aliphatic rings. The van der Waals surface area contributed by atoms with Gasteiger partial charge in [-0.05, 0) is 17.5 Å². The number of carbonyl (C=O) groups excluding carboxylic acids is 1. The van der Waals surface area contributed by atoms with Gasteiger partial charge < -0.3 is 16.0 Å². The average molecular weight is 205 g/mol. The predicted molar refractivity (Wildman–Crippen MR) is 60.8 cm³/mol. The molecule has 1 atom stereocenters. The lowest BCUT2D eigenvalue weighted by Crippen LogP contribution is -2.23. The van der Waals surface area contributed by atoms with Crippen LogP contribution in [0.1, 0.15) is 11.1 Å². The molecule has 3 N–H and O–H groups in total. The molecule has 15 heavy (non-hydrogen) atoms. The molecule has 80 valence electrons. The maximum atomic E-state index is 10.4. The maximum absolute atomic E-state index is 10.4. The second kappa shape index (κ2) is 5.93. The molecule has 0 spiro atoms. The third-order valence-corrected chi connectivity index (χ3v) is 1.97. The molecular weight excluding hydrogens is 190 g/mol. The predicted octanol–water partition coefficient (Wildman–Crippen LogP) is 0.309. The van der Waals surface area contributed by atoms with E-state index in [0.29, 0.717) is 6.42 Å². The van der Waals surface area contributed by atoms with Gasteiger partial charge in [-0.3, -0.25) is 0 Å². The topological polar surface area (TPSA) is 67.5 Å². The second-order valence-electron chi connectivity index (χ2n) is 3.23. The lowest BCUT2D eigenvalue weighted by Gasteiger charge is -2.03. The summed E-state index contributed by atoms with van der Waals surface area (Å²) in [7, 11) is 1.74. The first-order chi connectivity index (χ1) is 7.26. The molecule has 1 aromatic carbocycles. The number of hydrazone groups is 1. The first kappa shape index (κ1) is 11.4. The monoisotopic (exact) mass is 205 g/mol. The quantitative estimate of drug-likeness (QED) is 0.413. The van der Waals surface area contributed by atoms with Crippen LogP contribution in [-0.2, 0) is 11.2 Å². The van der Waals surface area contributed by atoms with Crippen LogP contribution in [0.4, 0.5) is 0 Å². The van der Waals surface area contributed by atoms with Gasteiger partial charge in [0.2, 0.25) is 0 Å². The fourth-order valence-corrected chi connectivity index (χ4v) is 1.20. The Kier molecular flexibility index (Phi) is 4.50. The van der Waals surface area contributed by atoms with Crippen molar-refractivity contribution < 1.29 is 4.79 Å². The summed E-state index contributed by atoms with van der Waals surface area (Å²) in [5.74, 6) is 0. The number of nitrogens with one attached hydrogen (secondary N) is 1. The normalized spacial score (nSPS) is 12.7. The Morgan fingerprint density at radius 3 is 2.67 bits per heavy atom. The lowest BCUT2D eigenvalue weighted by atomic mass is 10.1. The lowest BCUT2D eigenvalue weighted by molar-refractivity contribution is -0.108. The van der Waals surface area contributed by atoms with E-state index in [4.69, 9.17) is 5.73 Å². The van der Waals surface area contributed by atoms with Crippen LogP contribution in [0.5, 0.6) is 0 Å². The highest BCUT2D eigenvalue weighted by molar-refractivity contribution is 5.79. The Balaban J connectivity index is 2.63. The summed E-state index contributed by atoms with van der Waals surface area (Å²) in [5, 5.41) is 3.89. The van der Waals surface area contributed by atoms with Gasteiger partial charge in [-0.25, -0.2) is 0 Å². The zero-order valence-corrected chi connectivity index (χ0v) is 8.68. The van der Waals surface area contributed by atoms with Crippen LogP contribution in [0.15, 0.2) is 29.4 Å². The Hall–Kier alpha value is -1.68. The van der Waals surface area contributed by atoms with Gasteiger partial charge >= 0.3 is 0 Å². The van der Waals surface area contributed by atoms with Crippen LogP contribution in [0.25, 0.3) is 0 Å². The smallest absolute Gasteiger partial charge is 0.137 e. The maximum Gasteiger partial charge on any atom is 0.137 e. The molecule has 0 unspecified atom stereocenters. The van der Waals surface area contributed by atoms with Crippen molar-refractivity contribution in [1.82, 2.24) is 5.43 Å². The Labute approximate surface area is 89.2 Å². The van der Waals surface area contributed by atoms with Crippen LogP contribution >= 0.6 is 0 Å². The van der Waals surface area contributed by atoms with Crippen molar-refractivity contribution in [1.29, 1.82) is 0 Å². The first-order valence-corrected chi connectivity index (χ1v) is 4.76. The molecule has 4 nitrogen and oxygen atoms in total. The summed E-state index contributed by atoms with van der Waals surface area (Å²) in [4.78, 5) is 10.4. The molecule has 4 heteroatoms. The van der Waals surface area contributed by atoms with Crippen molar-refractivity contribution >= 4 is 12.5 Å². The fourth-order valence-electron chi connectivity index (χ4n) is 1.20. The van der Waals surface area contributed by atoms with Crippen molar-refractivity contribution in [3.8, 4) is 0 Å². The van der Waals surface area contributed by atoms with E-state index >= 15 is 0 Å². The Bertz CT molecular complexity index is 332. The van der Waals surface area contributed by atoms with Gasteiger partial charge in [0.25, 0.3) is 0 Å². The largest absolute Gasteiger partial charge is 0.321 e. The fraction of sp³-hybridized carbons (Fsp3) is 0.273. The molecule has 0 saturated carbocycles. The molecule has 0 aliphatic heterocycles. The van der Waals surface area contributed by atoms with E-state index in [1.54, 1.807) is 13.3 Å². The molecule has 0 amide bonds. The molecular formula is C11H15N3O. The third kappa shape index (κ3) is 3.91. The van der Waals surface area contributed by atoms with E-state index in [-0.39, 0.29) is 0 Å². The summed E-state index contributed by atoms with van der Waals surface area (Å²) in [6.45, 7) is 0. The molecule has 0 bridgehead atoms. The van der Waals surface area contributed by atoms with Crippen LogP contribution in [0, 0.1) is 0 Å². The number of aldehydes is 1. The number of benzene rings is 1. The second-order valence-corrected chi connectivity index (χ2v) is 3.23. The minimum Gasteiger partial charge on any atom is -0.321 e. The average Bonchev–Trinajstić information content (AvgIpc) is 2.28. The van der Waals surface area contributed by atoms with Gasteiger partial charge in [-0.1, -0.05) is 24.3 Å². The SMILES string of the molecule is CN/N=C/c1ccc(C[C@H](N)C=O)cc1. The number of nitrogens with two attached hydrogens (primary N) is 1. The van der Waals surface area contributed by atoms with Gasteiger partial charge in [-0.2, -0.15) is 5.10 Å². The third-order valence-electron chi connectivity index (χ3n) is 1.97. The number of hydrogen-bond acceptors (Lipinski definition) is 4. The van der Waals surface area contributed by atoms with E-state index < -0.39 is 6.04 Å². The summed E-state index contributed by atoms with van der Waals surface area (Å²) in [6.07, 6.45) is 3.06. The highest BCUT2D eigenvalue weighted by Gasteiger charge is 2.01. The summed E-state index contributed by atoms with van der Waals surface area (Å²) in [6, 6.07) is 7.35. The first-order valence-electron chi connectivity index (χ1n) is 4.76. The summed E-state index contributed by atoms with van der Waals surface area (Å²) < 4.78 is 0. The van der Waals surface area contributed by atoms with Crippen molar-refractivity contribution in [3.05, 3.63) is 35.4 Å². The molecule has 0 radical (unpaired) electrons. The van der Waals surface area contributed by atoms with Crippen LogP contribution in [-0.4, -0.2) is 25.6 Å². The number of rotatable bonds is 5. The van der Waals surface area contributed by atoms with Crippen molar-refractivity contribution in [3.63, 3.8) is 0 Å². The molecule has 1 aromatic rings. The zero-order valence-electron chi connectivity index (χ0n) is 8.68. The van der Waals surface area contributed by atoms with E-state index in [1.807, 2.05) is 24.3 Å². The van der Waals surface area contributed by atoms with Crippen molar-refractivity contribution in [2.24, 2.45) is 10.8 Å². The molecule has 0 heterocycles. The minimum atomic E-state index is -0.415. The molecule has 0 aliphatic carbocycles. The minimum absolute atomic E-state index is 0.415. The van der Waals surface area contributed by atoms with Crippen molar-refractivity contribution in [2.75, 3.05) is 7.05 Å². The van der Waals surface area contributed by atoms with Crippen LogP contribution in [0.2, 0.25) is 0 Å². The van der Waals surface area contributed by atoms with E-state index in [2.05, 4.69) is 10.5 Å². The van der Waals surface area contributed by atoms with Gasteiger partial charge in [0.1, 0.15) is 6.29 Å². The van der Waals surface area contributed by atoms with Crippen LogP contribution < -0.4 is 11.2 Å². The highest BCUT2D eigenvalue weighted by Crippen LogP contribution is 2.04. The molecule has 0 saturated heterocycles. The Morgan fingerprint density at radius 1 is 1.47 bits per heavy atom. The van der Waals surface area contributed by atoms with E-state index in [9.17, 15) is 4.79 Å². The molecule has 1 rings (SSSR count). The van der Waals surface area contributed by atoms with E-state index in [1.165, 1.54) is 0 Å². The molecule has 0 fully saturated rings. The summed E-state index contributed by atoms with van der Waals surface area (Å²) in [5.41, 5.74) is 10.3. The van der Waals surface area contributed by atoms with Gasteiger partial charge in [0, 0.05) is 7.05 Å². The van der Waals surface area contributed by atoms with Crippen LogP contribution in [0.3, 0.4) is 0 Å². The Morgan fingerprint density at radius 2 is 2.13 bits per heavy atom. The van der Waals surface area contributed by atoms with E-state index in [0.717, 1.165) is 17.4 Å². The van der Waals surface area contributed by atoms with Gasteiger partial charge in [0.15, 0.2) is 0 Å². The van der Waals surface area contributed by atoms with Crippen molar-refractivity contribution in [2.45, 2.75) is 12.5 Å². The highest BCUT2D eigenvalue weighted by atomic mass is 16.1.